The van der Waals surface area contributed by atoms with E-state index in [-0.39, 0.29) is 30.0 Å². The molecule has 0 radical (unpaired) electrons. The first-order valence-corrected chi connectivity index (χ1v) is 9.75. The van der Waals surface area contributed by atoms with Crippen molar-refractivity contribution in [3.8, 4) is 5.75 Å². The smallest absolute Gasteiger partial charge is 0.431 e. The van der Waals surface area contributed by atoms with Crippen LogP contribution in [0, 0.1) is 10.1 Å². The summed E-state index contributed by atoms with van der Waals surface area (Å²) in [4.78, 5) is 49.3. The number of rotatable bonds is 6. The van der Waals surface area contributed by atoms with Crippen molar-refractivity contribution in [2.75, 3.05) is 6.61 Å². The molecule has 1 aromatic heterocycles. The largest absolute Gasteiger partial charge is 0.513 e. The van der Waals surface area contributed by atoms with Crippen LogP contribution in [-0.2, 0) is 9.47 Å². The van der Waals surface area contributed by atoms with E-state index in [0.717, 1.165) is 16.7 Å². The Kier molecular flexibility index (Phi) is 6.99. The minimum absolute atomic E-state index is 0.0227. The van der Waals surface area contributed by atoms with Crippen LogP contribution in [0.25, 0.3) is 6.08 Å². The SMILES string of the molecule is O=C(OC[C@H]1O[C@@H](n2cc(/C=C/Br)c(=O)[nH]c2=O)C[C@@H]1O)Oc1ccc([N+](=O)[O-])cc1. The first-order chi connectivity index (χ1) is 14.8. The van der Waals surface area contributed by atoms with Gasteiger partial charge in [0.1, 0.15) is 24.7 Å². The lowest BCUT2D eigenvalue weighted by atomic mass is 10.2. The molecule has 0 amide bonds. The molecule has 164 valence electrons. The van der Waals surface area contributed by atoms with Crippen LogP contribution < -0.4 is 16.0 Å². The Balaban J connectivity index is 1.60. The summed E-state index contributed by atoms with van der Waals surface area (Å²) >= 11 is 3.05. The summed E-state index contributed by atoms with van der Waals surface area (Å²) < 4.78 is 16.6. The minimum Gasteiger partial charge on any atom is -0.431 e. The number of ether oxygens (including phenoxy) is 3. The standard InChI is InChI=1S/C18H16BrN3O9/c19-6-5-10-8-21(17(25)20-16(10)24)15-7-13(23)14(31-15)9-29-18(26)30-12-3-1-11(2-4-12)22(27)28/h1-6,8,13-15,23H,7,9H2,(H,20,24,25)/b6-5+/t13-,14+,15+/m0/s1. The Hall–Kier alpha value is -3.29. The van der Waals surface area contributed by atoms with Crippen molar-refractivity contribution in [2.45, 2.75) is 24.9 Å². The maximum Gasteiger partial charge on any atom is 0.513 e. The van der Waals surface area contributed by atoms with Gasteiger partial charge in [0, 0.05) is 24.8 Å². The molecule has 1 fully saturated rings. The summed E-state index contributed by atoms with van der Waals surface area (Å²) in [5.41, 5.74) is -1.26. The van der Waals surface area contributed by atoms with Gasteiger partial charge in [0.25, 0.3) is 11.2 Å². The highest BCUT2D eigenvalue weighted by Crippen LogP contribution is 2.28. The molecule has 31 heavy (non-hydrogen) atoms. The number of carbonyl (C=O) groups excluding carboxylic acids is 1. The maximum atomic E-state index is 12.1. The number of benzene rings is 1. The predicted octanol–water partition coefficient (Wildman–Crippen LogP) is 1.67. The van der Waals surface area contributed by atoms with Gasteiger partial charge in [-0.3, -0.25) is 24.5 Å². The van der Waals surface area contributed by atoms with Gasteiger partial charge in [-0.25, -0.2) is 9.59 Å². The number of carbonyl (C=O) groups is 1. The van der Waals surface area contributed by atoms with Gasteiger partial charge in [-0.05, 0) is 23.2 Å². The predicted molar refractivity (Wildman–Crippen MR) is 109 cm³/mol. The van der Waals surface area contributed by atoms with Crippen molar-refractivity contribution >= 4 is 33.8 Å². The van der Waals surface area contributed by atoms with Crippen LogP contribution in [-0.4, -0.2) is 44.6 Å². The van der Waals surface area contributed by atoms with E-state index in [9.17, 15) is 29.6 Å². The average molecular weight is 498 g/mol. The Morgan fingerprint density at radius 3 is 2.74 bits per heavy atom. The highest BCUT2D eigenvalue weighted by Gasteiger charge is 2.36. The Labute approximate surface area is 182 Å². The molecule has 2 heterocycles. The van der Waals surface area contributed by atoms with Gasteiger partial charge in [-0.1, -0.05) is 15.9 Å². The quantitative estimate of drug-likeness (QED) is 0.261. The molecule has 0 spiro atoms. The Morgan fingerprint density at radius 1 is 1.39 bits per heavy atom. The molecule has 0 aliphatic carbocycles. The third-order valence-electron chi connectivity index (χ3n) is 4.37. The fourth-order valence-electron chi connectivity index (χ4n) is 2.85. The topological polar surface area (TPSA) is 163 Å². The van der Waals surface area contributed by atoms with E-state index in [2.05, 4.69) is 20.9 Å². The molecule has 1 aromatic carbocycles. The zero-order valence-corrected chi connectivity index (χ0v) is 17.3. The second-order valence-electron chi connectivity index (χ2n) is 6.39. The van der Waals surface area contributed by atoms with Crippen molar-refractivity contribution < 1.29 is 29.0 Å². The number of nitro benzene ring substituents is 1. The summed E-state index contributed by atoms with van der Waals surface area (Å²) in [6.07, 6.45) is -1.22. The molecular formula is C18H16BrN3O9. The Morgan fingerprint density at radius 2 is 2.10 bits per heavy atom. The Bertz CT molecular complexity index is 1110. The van der Waals surface area contributed by atoms with Crippen LogP contribution in [0.2, 0.25) is 0 Å². The summed E-state index contributed by atoms with van der Waals surface area (Å²) in [7, 11) is 0. The van der Waals surface area contributed by atoms with Crippen LogP contribution in [0.1, 0.15) is 18.2 Å². The zero-order chi connectivity index (χ0) is 22.5. The van der Waals surface area contributed by atoms with Crippen LogP contribution in [0.15, 0.2) is 45.0 Å². The monoisotopic (exact) mass is 497 g/mol. The number of H-pyrrole nitrogens is 1. The van der Waals surface area contributed by atoms with E-state index in [1.807, 2.05) is 0 Å². The van der Waals surface area contributed by atoms with E-state index in [0.29, 0.717) is 0 Å². The van der Waals surface area contributed by atoms with Crippen molar-refractivity contribution in [3.63, 3.8) is 0 Å². The first-order valence-electron chi connectivity index (χ1n) is 8.83. The van der Waals surface area contributed by atoms with Crippen LogP contribution >= 0.6 is 15.9 Å². The number of nitrogens with one attached hydrogen (secondary N) is 1. The van der Waals surface area contributed by atoms with E-state index < -0.39 is 40.8 Å². The number of aromatic amines is 1. The van der Waals surface area contributed by atoms with Gasteiger partial charge < -0.3 is 19.3 Å². The van der Waals surface area contributed by atoms with Crippen molar-refractivity contribution in [2.24, 2.45) is 0 Å². The molecule has 2 aromatic rings. The molecular weight excluding hydrogens is 482 g/mol. The molecule has 12 nitrogen and oxygen atoms in total. The van der Waals surface area contributed by atoms with E-state index in [1.165, 1.54) is 29.4 Å². The van der Waals surface area contributed by atoms with Crippen molar-refractivity contribution in [1.29, 1.82) is 0 Å². The zero-order valence-electron chi connectivity index (χ0n) is 15.7. The van der Waals surface area contributed by atoms with Crippen molar-refractivity contribution in [1.82, 2.24) is 9.55 Å². The fraction of sp³-hybridized carbons (Fsp3) is 0.278. The van der Waals surface area contributed by atoms with E-state index in [4.69, 9.17) is 14.2 Å². The number of nitrogens with zero attached hydrogens (tertiary/aromatic N) is 2. The second-order valence-corrected chi connectivity index (χ2v) is 6.92. The number of nitro groups is 1. The summed E-state index contributed by atoms with van der Waals surface area (Å²) in [5, 5.41) is 20.8. The third-order valence-corrected chi connectivity index (χ3v) is 4.63. The highest BCUT2D eigenvalue weighted by molar-refractivity contribution is 9.11. The molecule has 1 aliphatic heterocycles. The van der Waals surface area contributed by atoms with Crippen molar-refractivity contribution in [3.05, 3.63) is 72.0 Å². The van der Waals surface area contributed by atoms with E-state index in [1.54, 1.807) is 0 Å². The molecule has 0 bridgehead atoms. The lowest BCUT2D eigenvalue weighted by molar-refractivity contribution is -0.384. The lowest BCUT2D eigenvalue weighted by Crippen LogP contribution is -2.33. The second kappa shape index (κ2) is 9.68. The average Bonchev–Trinajstić information content (AvgIpc) is 3.09. The number of hydrogen-bond acceptors (Lipinski definition) is 9. The van der Waals surface area contributed by atoms with Crippen LogP contribution in [0.5, 0.6) is 5.75 Å². The highest BCUT2D eigenvalue weighted by atomic mass is 79.9. The molecule has 3 rings (SSSR count). The van der Waals surface area contributed by atoms with E-state index >= 15 is 0 Å². The number of halogens is 1. The summed E-state index contributed by atoms with van der Waals surface area (Å²) in [5.74, 6) is 0.0357. The number of non-ortho nitro benzene ring substituents is 1. The minimum atomic E-state index is -1.10. The molecule has 1 aliphatic rings. The van der Waals surface area contributed by atoms with Crippen LogP contribution in [0.3, 0.4) is 0 Å². The molecule has 3 atom stereocenters. The molecule has 0 saturated carbocycles. The number of hydrogen-bond donors (Lipinski definition) is 2. The summed E-state index contributed by atoms with van der Waals surface area (Å²) in [6.45, 7) is -0.365. The van der Waals surface area contributed by atoms with Gasteiger partial charge in [0.05, 0.1) is 16.6 Å². The van der Waals surface area contributed by atoms with Gasteiger partial charge in [0.2, 0.25) is 0 Å². The molecule has 0 unspecified atom stereocenters. The number of aliphatic hydroxyl groups excluding tert-OH is 1. The third kappa shape index (κ3) is 5.45. The fourth-order valence-corrected chi connectivity index (χ4v) is 3.13. The van der Waals surface area contributed by atoms with Crippen LogP contribution in [0.4, 0.5) is 10.5 Å². The number of aromatic nitrogens is 2. The molecule has 1 saturated heterocycles. The van der Waals surface area contributed by atoms with Gasteiger partial charge in [0.15, 0.2) is 0 Å². The molecule has 2 N–H and O–H groups in total. The first kappa shape index (κ1) is 22.4. The number of aliphatic hydroxyl groups is 1. The molecule has 13 heteroatoms. The van der Waals surface area contributed by atoms with Gasteiger partial charge in [-0.2, -0.15) is 0 Å². The maximum absolute atomic E-state index is 12.1. The summed E-state index contributed by atoms with van der Waals surface area (Å²) in [6, 6.07) is 4.80. The van der Waals surface area contributed by atoms with Gasteiger partial charge >= 0.3 is 11.8 Å². The lowest BCUT2D eigenvalue weighted by Gasteiger charge is -2.16. The van der Waals surface area contributed by atoms with Gasteiger partial charge in [-0.15, -0.1) is 0 Å². The normalized spacial score (nSPS) is 20.6.